The molecule has 1 amide bonds. The molecule has 1 aromatic carbocycles. The normalized spacial score (nSPS) is 21.1. The molecule has 25 heavy (non-hydrogen) atoms. The summed E-state index contributed by atoms with van der Waals surface area (Å²) in [6, 6.07) is 3.21. The number of halogens is 3. The van der Waals surface area contributed by atoms with Gasteiger partial charge in [0, 0.05) is 18.0 Å². The van der Waals surface area contributed by atoms with Crippen LogP contribution in [0.1, 0.15) is 39.7 Å². The summed E-state index contributed by atoms with van der Waals surface area (Å²) >= 11 is 0. The lowest BCUT2D eigenvalue weighted by Gasteiger charge is -2.25. The van der Waals surface area contributed by atoms with E-state index in [0.717, 1.165) is 18.6 Å². The minimum atomic E-state index is -4.66. The molecule has 1 fully saturated rings. The second kappa shape index (κ2) is 6.58. The smallest absolute Gasteiger partial charge is 0.407 e. The third-order valence-electron chi connectivity index (χ3n) is 4.57. The second-order valence-corrected chi connectivity index (χ2v) is 7.00. The summed E-state index contributed by atoms with van der Waals surface area (Å²) < 4.78 is 45.0. The summed E-state index contributed by atoms with van der Waals surface area (Å²) in [6.45, 7) is 15.0. The van der Waals surface area contributed by atoms with Crippen molar-refractivity contribution in [3.8, 4) is 5.75 Å². The molecule has 4 nitrogen and oxygen atoms in total. The molecule has 0 unspecified atom stereocenters. The van der Waals surface area contributed by atoms with Gasteiger partial charge in [-0.25, -0.2) is 4.85 Å². The van der Waals surface area contributed by atoms with Gasteiger partial charge in [0.25, 0.3) is 5.91 Å². The second-order valence-electron chi connectivity index (χ2n) is 7.00. The van der Waals surface area contributed by atoms with E-state index in [1.54, 1.807) is 4.90 Å². The summed E-state index contributed by atoms with van der Waals surface area (Å²) in [5.74, 6) is -0.278. The number of hydrogen-bond donors (Lipinski definition) is 0. The van der Waals surface area contributed by atoms with Crippen molar-refractivity contribution in [2.45, 2.75) is 52.4 Å². The van der Waals surface area contributed by atoms with Gasteiger partial charge in [-0.2, -0.15) is 13.2 Å². The van der Waals surface area contributed by atoms with E-state index in [0.29, 0.717) is 6.54 Å². The van der Waals surface area contributed by atoms with Gasteiger partial charge in [0.15, 0.2) is 11.8 Å². The lowest BCUT2D eigenvalue weighted by atomic mass is 9.89. The molecule has 1 aromatic rings. The van der Waals surface area contributed by atoms with Crippen molar-refractivity contribution in [3.05, 3.63) is 35.2 Å². The Morgan fingerprint density at radius 2 is 2.08 bits per heavy atom. The number of ether oxygens (including phenoxy) is 1. The fourth-order valence-electron chi connectivity index (χ4n) is 2.94. The highest BCUT2D eigenvalue weighted by Gasteiger charge is 2.49. The molecule has 136 valence electrons. The summed E-state index contributed by atoms with van der Waals surface area (Å²) in [5.41, 5.74) is -2.07. The van der Waals surface area contributed by atoms with Crippen LogP contribution >= 0.6 is 0 Å². The van der Waals surface area contributed by atoms with Gasteiger partial charge in [-0.15, -0.1) is 0 Å². The highest BCUT2D eigenvalue weighted by Crippen LogP contribution is 2.40. The molecule has 0 aromatic heterocycles. The van der Waals surface area contributed by atoms with Gasteiger partial charge in [-0.3, -0.25) is 4.79 Å². The average molecular weight is 354 g/mol. The Hall–Kier alpha value is -2.23. The van der Waals surface area contributed by atoms with Gasteiger partial charge >= 0.3 is 6.18 Å². The molecular formula is C18H21F3N2O2. The van der Waals surface area contributed by atoms with Gasteiger partial charge in [-0.1, -0.05) is 26.8 Å². The SMILES string of the molecule is [C-]#[N+]c1ccc(O[C@H]2C(=O)N([C@@H](C)CC)CC2(C)C)cc1C(F)(F)F. The van der Waals surface area contributed by atoms with Gasteiger partial charge in [-0.05, 0) is 25.5 Å². The lowest BCUT2D eigenvalue weighted by Crippen LogP contribution is -2.39. The van der Waals surface area contributed by atoms with Crippen molar-refractivity contribution in [2.24, 2.45) is 5.41 Å². The van der Waals surface area contributed by atoms with Gasteiger partial charge in [0.1, 0.15) is 5.75 Å². The van der Waals surface area contributed by atoms with Crippen LogP contribution in [0.4, 0.5) is 18.9 Å². The standard InChI is InChI=1S/C18H21F3N2O2/c1-6-11(2)23-10-17(3,4)15(16(23)24)25-12-7-8-14(22-5)13(9-12)18(19,20)21/h7-9,11,15H,6,10H2,1-4H3/t11-,15-/m0/s1. The molecule has 7 heteroatoms. The number of likely N-dealkylation sites (tertiary alicyclic amines) is 1. The van der Waals surface area contributed by atoms with E-state index in [1.807, 2.05) is 27.7 Å². The Morgan fingerprint density at radius 1 is 1.44 bits per heavy atom. The zero-order valence-corrected chi connectivity index (χ0v) is 14.6. The molecule has 1 aliphatic heterocycles. The highest BCUT2D eigenvalue weighted by molar-refractivity contribution is 5.85. The minimum Gasteiger partial charge on any atom is -0.480 e. The Kier molecular flexibility index (Phi) is 5.03. The van der Waals surface area contributed by atoms with Crippen LogP contribution < -0.4 is 4.74 Å². The van der Waals surface area contributed by atoms with Crippen LogP contribution in [0.25, 0.3) is 4.85 Å². The van der Waals surface area contributed by atoms with Crippen LogP contribution in [0.3, 0.4) is 0 Å². The fraction of sp³-hybridized carbons (Fsp3) is 0.556. The quantitative estimate of drug-likeness (QED) is 0.736. The molecule has 0 spiro atoms. The van der Waals surface area contributed by atoms with E-state index in [4.69, 9.17) is 11.3 Å². The van der Waals surface area contributed by atoms with Crippen LogP contribution in [0.15, 0.2) is 18.2 Å². The number of carbonyl (C=O) groups excluding carboxylic acids is 1. The molecule has 1 aliphatic rings. The number of alkyl halides is 3. The zero-order valence-electron chi connectivity index (χ0n) is 14.6. The van der Waals surface area contributed by atoms with E-state index in [-0.39, 0.29) is 17.7 Å². The molecule has 0 radical (unpaired) electrons. The lowest BCUT2D eigenvalue weighted by molar-refractivity contribution is -0.137. The molecule has 1 heterocycles. The van der Waals surface area contributed by atoms with Gasteiger partial charge in [0.2, 0.25) is 0 Å². The van der Waals surface area contributed by atoms with Crippen LogP contribution in [-0.2, 0) is 11.0 Å². The number of amides is 1. The van der Waals surface area contributed by atoms with E-state index in [9.17, 15) is 18.0 Å². The van der Waals surface area contributed by atoms with Crippen LogP contribution in [0.2, 0.25) is 0 Å². The van der Waals surface area contributed by atoms with E-state index in [2.05, 4.69) is 4.85 Å². The van der Waals surface area contributed by atoms with Crippen molar-refractivity contribution in [3.63, 3.8) is 0 Å². The largest absolute Gasteiger partial charge is 0.480 e. The first kappa shape index (κ1) is 19.1. The van der Waals surface area contributed by atoms with Gasteiger partial charge in [0.05, 0.1) is 12.1 Å². The van der Waals surface area contributed by atoms with Crippen molar-refractivity contribution in [1.29, 1.82) is 0 Å². The predicted octanol–water partition coefficient (Wildman–Crippen LogP) is 4.67. The number of rotatable bonds is 4. The number of hydrogen-bond acceptors (Lipinski definition) is 2. The van der Waals surface area contributed by atoms with E-state index >= 15 is 0 Å². The molecule has 1 saturated heterocycles. The van der Waals surface area contributed by atoms with E-state index < -0.39 is 28.9 Å². The Labute approximate surface area is 145 Å². The minimum absolute atomic E-state index is 0.0376. The summed E-state index contributed by atoms with van der Waals surface area (Å²) in [7, 11) is 0. The molecule has 2 rings (SSSR count). The first-order chi connectivity index (χ1) is 11.5. The number of benzene rings is 1. The Balaban J connectivity index is 2.33. The Morgan fingerprint density at radius 3 is 2.60 bits per heavy atom. The highest BCUT2D eigenvalue weighted by atomic mass is 19.4. The molecule has 0 N–H and O–H groups in total. The summed E-state index contributed by atoms with van der Waals surface area (Å²) in [5, 5.41) is 0. The topological polar surface area (TPSA) is 33.9 Å². The van der Waals surface area contributed by atoms with Gasteiger partial charge < -0.3 is 9.64 Å². The maximum Gasteiger partial charge on any atom is 0.407 e. The molecule has 0 aliphatic carbocycles. The first-order valence-corrected chi connectivity index (χ1v) is 8.07. The average Bonchev–Trinajstić information content (AvgIpc) is 2.76. The third kappa shape index (κ3) is 3.73. The number of carbonyl (C=O) groups is 1. The maximum atomic E-state index is 13.1. The van der Waals surface area contributed by atoms with Crippen LogP contribution in [-0.4, -0.2) is 29.5 Å². The molecular weight excluding hydrogens is 333 g/mol. The monoisotopic (exact) mass is 354 g/mol. The number of nitrogens with zero attached hydrogens (tertiary/aromatic N) is 2. The first-order valence-electron chi connectivity index (χ1n) is 8.07. The third-order valence-corrected chi connectivity index (χ3v) is 4.57. The molecule has 2 atom stereocenters. The van der Waals surface area contributed by atoms with Crippen molar-refractivity contribution in [2.75, 3.05) is 6.54 Å². The summed E-state index contributed by atoms with van der Waals surface area (Å²) in [6.07, 6.45) is -4.73. The fourth-order valence-corrected chi connectivity index (χ4v) is 2.94. The van der Waals surface area contributed by atoms with Crippen molar-refractivity contribution in [1.82, 2.24) is 4.90 Å². The van der Waals surface area contributed by atoms with Crippen molar-refractivity contribution < 1.29 is 22.7 Å². The predicted molar refractivity (Wildman–Crippen MR) is 87.4 cm³/mol. The van der Waals surface area contributed by atoms with Crippen LogP contribution in [0.5, 0.6) is 5.75 Å². The molecule has 0 bridgehead atoms. The Bertz CT molecular complexity index is 707. The molecule has 0 saturated carbocycles. The van der Waals surface area contributed by atoms with Crippen molar-refractivity contribution >= 4 is 11.6 Å². The maximum absolute atomic E-state index is 13.1. The zero-order chi connectivity index (χ0) is 19.0. The van der Waals surface area contributed by atoms with E-state index in [1.165, 1.54) is 6.07 Å². The summed E-state index contributed by atoms with van der Waals surface area (Å²) in [4.78, 5) is 17.3. The van der Waals surface area contributed by atoms with Crippen LogP contribution in [0, 0.1) is 12.0 Å².